The molecule has 0 unspecified atom stereocenters. The third kappa shape index (κ3) is 4.61. The Morgan fingerprint density at radius 1 is 1.04 bits per heavy atom. The summed E-state index contributed by atoms with van der Waals surface area (Å²) < 4.78 is 5.52. The number of benzene rings is 2. The lowest BCUT2D eigenvalue weighted by Crippen LogP contribution is -2.15. The van der Waals surface area contributed by atoms with Crippen molar-refractivity contribution in [2.24, 2.45) is 0 Å². The number of hydrogen-bond donors (Lipinski definition) is 2. The highest BCUT2D eigenvalue weighted by atomic mass is 16.5. The summed E-state index contributed by atoms with van der Waals surface area (Å²) in [6.07, 6.45) is 2.99. The van der Waals surface area contributed by atoms with E-state index in [9.17, 15) is 4.79 Å². The van der Waals surface area contributed by atoms with Crippen molar-refractivity contribution >= 4 is 23.1 Å². The summed E-state index contributed by atoms with van der Waals surface area (Å²) in [6, 6.07) is 13.3. The summed E-state index contributed by atoms with van der Waals surface area (Å²) in [5.74, 6) is 0.853. The van der Waals surface area contributed by atoms with Gasteiger partial charge in [-0.25, -0.2) is 9.97 Å². The van der Waals surface area contributed by atoms with Gasteiger partial charge in [0, 0.05) is 5.69 Å². The molecule has 1 amide bonds. The van der Waals surface area contributed by atoms with Gasteiger partial charge in [0.15, 0.2) is 0 Å². The average Bonchev–Trinajstić information content (AvgIpc) is 2.67. The lowest BCUT2D eigenvalue weighted by molar-refractivity contribution is 0.102. The molecule has 138 valence electrons. The topological polar surface area (TPSA) is 76.1 Å². The molecule has 0 aliphatic heterocycles. The van der Waals surface area contributed by atoms with Crippen LogP contribution >= 0.6 is 0 Å². The standard InChI is InChI=1S/C21H22N4O2/c1-4-27-19-8-6-5-7-17(19)25-21(26)18-12-23-20(13-22-18)24-16-10-9-14(2)15(3)11-16/h5-13H,4H2,1-3H3,(H,23,24)(H,25,26). The molecule has 27 heavy (non-hydrogen) atoms. The molecule has 0 saturated carbocycles. The van der Waals surface area contributed by atoms with Crippen LogP contribution in [0, 0.1) is 13.8 Å². The minimum atomic E-state index is -0.340. The summed E-state index contributed by atoms with van der Waals surface area (Å²) in [5.41, 5.74) is 4.17. The zero-order chi connectivity index (χ0) is 19.2. The molecule has 0 radical (unpaired) electrons. The number of aryl methyl sites for hydroxylation is 2. The third-order valence-corrected chi connectivity index (χ3v) is 4.10. The summed E-state index contributed by atoms with van der Waals surface area (Å²) in [5, 5.41) is 6.00. The first-order valence-electron chi connectivity index (χ1n) is 8.76. The number of nitrogens with one attached hydrogen (secondary N) is 2. The van der Waals surface area contributed by atoms with Gasteiger partial charge in [-0.2, -0.15) is 0 Å². The molecule has 0 bridgehead atoms. The number of aromatic nitrogens is 2. The van der Waals surface area contributed by atoms with Crippen molar-refractivity contribution in [1.82, 2.24) is 9.97 Å². The highest BCUT2D eigenvalue weighted by molar-refractivity contribution is 6.03. The molecular weight excluding hydrogens is 340 g/mol. The summed E-state index contributed by atoms with van der Waals surface area (Å²) >= 11 is 0. The third-order valence-electron chi connectivity index (χ3n) is 4.10. The predicted octanol–water partition coefficient (Wildman–Crippen LogP) is 4.49. The van der Waals surface area contributed by atoms with Crippen molar-refractivity contribution in [3.63, 3.8) is 0 Å². The molecule has 6 heteroatoms. The molecule has 3 aromatic rings. The van der Waals surface area contributed by atoms with E-state index in [-0.39, 0.29) is 11.6 Å². The maximum atomic E-state index is 12.4. The number of carbonyl (C=O) groups is 1. The van der Waals surface area contributed by atoms with E-state index in [1.165, 1.54) is 17.3 Å². The van der Waals surface area contributed by atoms with E-state index < -0.39 is 0 Å². The van der Waals surface area contributed by atoms with E-state index in [1.54, 1.807) is 18.3 Å². The maximum Gasteiger partial charge on any atom is 0.275 e. The van der Waals surface area contributed by atoms with Gasteiger partial charge >= 0.3 is 0 Å². The van der Waals surface area contributed by atoms with E-state index in [0.29, 0.717) is 23.9 Å². The second-order valence-electron chi connectivity index (χ2n) is 6.09. The molecule has 2 N–H and O–H groups in total. The highest BCUT2D eigenvalue weighted by Gasteiger charge is 2.11. The van der Waals surface area contributed by atoms with Gasteiger partial charge in [-0.3, -0.25) is 4.79 Å². The largest absolute Gasteiger partial charge is 0.492 e. The molecule has 1 aromatic heterocycles. The smallest absolute Gasteiger partial charge is 0.275 e. The Labute approximate surface area is 158 Å². The maximum absolute atomic E-state index is 12.4. The summed E-state index contributed by atoms with van der Waals surface area (Å²) in [7, 11) is 0. The van der Waals surface area contributed by atoms with E-state index in [0.717, 1.165) is 5.69 Å². The van der Waals surface area contributed by atoms with E-state index >= 15 is 0 Å². The quantitative estimate of drug-likeness (QED) is 0.676. The first kappa shape index (κ1) is 18.4. The number of amides is 1. The minimum absolute atomic E-state index is 0.229. The van der Waals surface area contributed by atoms with Crippen molar-refractivity contribution in [2.75, 3.05) is 17.2 Å². The molecule has 1 heterocycles. The first-order chi connectivity index (χ1) is 13.1. The van der Waals surface area contributed by atoms with Crippen molar-refractivity contribution in [3.8, 4) is 5.75 Å². The Morgan fingerprint density at radius 2 is 1.85 bits per heavy atom. The van der Waals surface area contributed by atoms with Crippen LogP contribution in [0.5, 0.6) is 5.75 Å². The van der Waals surface area contributed by atoms with Crippen LogP contribution in [0.2, 0.25) is 0 Å². The molecule has 2 aromatic carbocycles. The van der Waals surface area contributed by atoms with Gasteiger partial charge in [-0.1, -0.05) is 18.2 Å². The SMILES string of the molecule is CCOc1ccccc1NC(=O)c1cnc(Nc2ccc(C)c(C)c2)cn1. The van der Waals surface area contributed by atoms with Gasteiger partial charge in [-0.15, -0.1) is 0 Å². The average molecular weight is 362 g/mol. The number of carbonyl (C=O) groups excluding carboxylic acids is 1. The zero-order valence-electron chi connectivity index (χ0n) is 15.6. The molecule has 6 nitrogen and oxygen atoms in total. The Hall–Kier alpha value is -3.41. The van der Waals surface area contributed by atoms with Crippen molar-refractivity contribution in [3.05, 3.63) is 71.7 Å². The van der Waals surface area contributed by atoms with E-state index in [1.807, 2.05) is 37.3 Å². The zero-order valence-corrected chi connectivity index (χ0v) is 15.6. The summed E-state index contributed by atoms with van der Waals surface area (Å²) in [4.78, 5) is 20.9. The normalized spacial score (nSPS) is 10.3. The van der Waals surface area contributed by atoms with Crippen LogP contribution in [-0.4, -0.2) is 22.5 Å². The molecule has 0 saturated heterocycles. The van der Waals surface area contributed by atoms with E-state index in [4.69, 9.17) is 4.74 Å². The fourth-order valence-electron chi connectivity index (χ4n) is 2.51. The van der Waals surface area contributed by atoms with Crippen LogP contribution in [0.15, 0.2) is 54.9 Å². The number of anilines is 3. The Kier molecular flexibility index (Phi) is 5.66. The number of rotatable bonds is 6. The van der Waals surface area contributed by atoms with Gasteiger partial charge < -0.3 is 15.4 Å². The number of para-hydroxylation sites is 2. The van der Waals surface area contributed by atoms with Gasteiger partial charge in [0.25, 0.3) is 5.91 Å². The number of nitrogens with zero attached hydrogens (tertiary/aromatic N) is 2. The second kappa shape index (κ2) is 8.31. The van der Waals surface area contributed by atoms with Crippen molar-refractivity contribution < 1.29 is 9.53 Å². The van der Waals surface area contributed by atoms with Crippen molar-refractivity contribution in [1.29, 1.82) is 0 Å². The van der Waals surface area contributed by atoms with Crippen LogP contribution in [0.3, 0.4) is 0 Å². The Bertz CT molecular complexity index is 939. The Balaban J connectivity index is 1.69. The van der Waals surface area contributed by atoms with Gasteiger partial charge in [0.1, 0.15) is 17.3 Å². The van der Waals surface area contributed by atoms with Crippen LogP contribution in [0.25, 0.3) is 0 Å². The predicted molar refractivity (Wildman–Crippen MR) is 107 cm³/mol. The monoisotopic (exact) mass is 362 g/mol. The fraction of sp³-hybridized carbons (Fsp3) is 0.190. The lowest BCUT2D eigenvalue weighted by Gasteiger charge is -2.11. The second-order valence-corrected chi connectivity index (χ2v) is 6.09. The van der Waals surface area contributed by atoms with Crippen LogP contribution in [0.4, 0.5) is 17.2 Å². The van der Waals surface area contributed by atoms with Gasteiger partial charge in [0.2, 0.25) is 0 Å². The Morgan fingerprint density at radius 3 is 2.56 bits per heavy atom. The van der Waals surface area contributed by atoms with Crippen LogP contribution in [0.1, 0.15) is 28.5 Å². The minimum Gasteiger partial charge on any atom is -0.492 e. The van der Waals surface area contributed by atoms with Crippen molar-refractivity contribution in [2.45, 2.75) is 20.8 Å². The molecule has 0 fully saturated rings. The summed E-state index contributed by atoms with van der Waals surface area (Å²) in [6.45, 7) is 6.53. The fourth-order valence-corrected chi connectivity index (χ4v) is 2.51. The van der Waals surface area contributed by atoms with Crippen LogP contribution < -0.4 is 15.4 Å². The molecule has 0 atom stereocenters. The first-order valence-corrected chi connectivity index (χ1v) is 8.76. The molecular formula is C21H22N4O2. The van der Waals surface area contributed by atoms with Gasteiger partial charge in [0.05, 0.1) is 24.7 Å². The molecule has 0 aliphatic rings. The van der Waals surface area contributed by atoms with Crippen LogP contribution in [-0.2, 0) is 0 Å². The molecule has 0 aliphatic carbocycles. The van der Waals surface area contributed by atoms with E-state index in [2.05, 4.69) is 34.4 Å². The van der Waals surface area contributed by atoms with Gasteiger partial charge in [-0.05, 0) is 56.2 Å². The molecule has 3 rings (SSSR count). The highest BCUT2D eigenvalue weighted by Crippen LogP contribution is 2.24. The lowest BCUT2D eigenvalue weighted by atomic mass is 10.1. The molecule has 0 spiro atoms. The number of ether oxygens (including phenoxy) is 1. The number of hydrogen-bond acceptors (Lipinski definition) is 5.